The van der Waals surface area contributed by atoms with E-state index in [-0.39, 0.29) is 6.04 Å². The maximum absolute atomic E-state index is 11.6. The maximum atomic E-state index is 11.6. The molecule has 1 aromatic carbocycles. The normalized spacial score (nSPS) is 15.2. The molecule has 0 saturated carbocycles. The van der Waals surface area contributed by atoms with Crippen LogP contribution in [-0.4, -0.2) is 24.9 Å². The molecule has 1 atom stereocenters. The first-order valence-electron chi connectivity index (χ1n) is 6.99. The quantitative estimate of drug-likeness (QED) is 0.839. The number of nitrogens with one attached hydrogen (secondary N) is 2. The van der Waals surface area contributed by atoms with Gasteiger partial charge in [0, 0.05) is 6.04 Å². The Hall–Kier alpha value is -1.95. The van der Waals surface area contributed by atoms with Gasteiger partial charge in [0.2, 0.25) is 0 Å². The fraction of sp³-hybridized carbons (Fsp3) is 0.533. The first-order chi connectivity index (χ1) is 9.85. The van der Waals surface area contributed by atoms with E-state index < -0.39 is 11.7 Å². The Bertz CT molecular complexity index is 511. The van der Waals surface area contributed by atoms with Crippen molar-refractivity contribution in [3.05, 3.63) is 23.8 Å². The molecule has 1 amide bonds. The topological polar surface area (TPSA) is 68.8 Å². The number of fused-ring (bicyclic) bond motifs is 1. The minimum atomic E-state index is -0.522. The van der Waals surface area contributed by atoms with Gasteiger partial charge in [-0.2, -0.15) is 0 Å². The van der Waals surface area contributed by atoms with Gasteiger partial charge in [0.05, 0.1) is 0 Å². The number of hydrogen-bond donors (Lipinski definition) is 2. The van der Waals surface area contributed by atoms with Crippen LogP contribution in [0.15, 0.2) is 18.2 Å². The highest BCUT2D eigenvalue weighted by molar-refractivity contribution is 5.67. The minimum absolute atomic E-state index is 0.0895. The number of hydrogen-bond acceptors (Lipinski definition) is 5. The lowest BCUT2D eigenvalue weighted by atomic mass is 10.1. The van der Waals surface area contributed by atoms with Gasteiger partial charge in [-0.25, -0.2) is 10.2 Å². The van der Waals surface area contributed by atoms with Crippen LogP contribution < -0.4 is 20.3 Å². The summed E-state index contributed by atoms with van der Waals surface area (Å²) in [4.78, 5) is 11.6. The van der Waals surface area contributed by atoms with Crippen molar-refractivity contribution in [1.29, 1.82) is 0 Å². The lowest BCUT2D eigenvalue weighted by Crippen LogP contribution is -2.42. The Morgan fingerprint density at radius 3 is 2.57 bits per heavy atom. The van der Waals surface area contributed by atoms with Crippen LogP contribution in [0, 0.1) is 0 Å². The number of hydrazine groups is 1. The lowest BCUT2D eigenvalue weighted by molar-refractivity contribution is 0.0489. The number of benzene rings is 1. The van der Waals surface area contributed by atoms with Crippen LogP contribution in [0.1, 0.15) is 39.3 Å². The Kier molecular flexibility index (Phi) is 4.57. The van der Waals surface area contributed by atoms with Crippen LogP contribution in [0.25, 0.3) is 0 Å². The average Bonchev–Trinajstić information content (AvgIpc) is 2.42. The molecule has 0 saturated heterocycles. The summed E-state index contributed by atoms with van der Waals surface area (Å²) in [5.41, 5.74) is 5.90. The second-order valence-corrected chi connectivity index (χ2v) is 5.90. The Morgan fingerprint density at radius 2 is 1.90 bits per heavy atom. The summed E-state index contributed by atoms with van der Waals surface area (Å²) in [6, 6.07) is 5.62. The Labute approximate surface area is 124 Å². The Balaban J connectivity index is 1.91. The van der Waals surface area contributed by atoms with Crippen molar-refractivity contribution >= 4 is 6.09 Å². The van der Waals surface area contributed by atoms with Gasteiger partial charge in [-0.05, 0) is 45.4 Å². The van der Waals surface area contributed by atoms with Crippen molar-refractivity contribution in [2.24, 2.45) is 0 Å². The van der Waals surface area contributed by atoms with E-state index in [1.54, 1.807) is 0 Å². The zero-order valence-electron chi connectivity index (χ0n) is 12.9. The highest BCUT2D eigenvalue weighted by Gasteiger charge is 2.18. The molecule has 116 valence electrons. The number of ether oxygens (including phenoxy) is 3. The van der Waals surface area contributed by atoms with Gasteiger partial charge in [-0.15, -0.1) is 0 Å². The molecular weight excluding hydrogens is 272 g/mol. The van der Waals surface area contributed by atoms with Gasteiger partial charge in [0.25, 0.3) is 0 Å². The Morgan fingerprint density at radius 1 is 1.24 bits per heavy atom. The van der Waals surface area contributed by atoms with Crippen LogP contribution in [0.3, 0.4) is 0 Å². The van der Waals surface area contributed by atoms with Crippen molar-refractivity contribution in [1.82, 2.24) is 10.9 Å². The summed E-state index contributed by atoms with van der Waals surface area (Å²) in [6.45, 7) is 8.50. The SMILES string of the molecule is CC(NNC(=O)OC(C)(C)C)c1ccc2c(c1)OCCO2. The fourth-order valence-electron chi connectivity index (χ4n) is 1.88. The summed E-state index contributed by atoms with van der Waals surface area (Å²) in [5.74, 6) is 1.47. The van der Waals surface area contributed by atoms with Crippen molar-refractivity contribution in [3.63, 3.8) is 0 Å². The molecule has 21 heavy (non-hydrogen) atoms. The van der Waals surface area contributed by atoms with Gasteiger partial charge < -0.3 is 14.2 Å². The molecule has 1 unspecified atom stereocenters. The molecule has 6 heteroatoms. The number of carbonyl (C=O) groups excluding carboxylic acids is 1. The highest BCUT2D eigenvalue weighted by Crippen LogP contribution is 2.32. The van der Waals surface area contributed by atoms with Crippen molar-refractivity contribution in [2.45, 2.75) is 39.3 Å². The van der Waals surface area contributed by atoms with Gasteiger partial charge in [0.15, 0.2) is 11.5 Å². The fourth-order valence-corrected chi connectivity index (χ4v) is 1.88. The first-order valence-corrected chi connectivity index (χ1v) is 6.99. The van der Waals surface area contributed by atoms with Gasteiger partial charge in [0.1, 0.15) is 18.8 Å². The van der Waals surface area contributed by atoms with E-state index in [0.717, 1.165) is 17.1 Å². The average molecular weight is 294 g/mol. The third kappa shape index (κ3) is 4.53. The summed E-state index contributed by atoms with van der Waals surface area (Å²) in [6.07, 6.45) is -0.508. The van der Waals surface area contributed by atoms with E-state index in [1.165, 1.54) is 0 Å². The highest BCUT2D eigenvalue weighted by atomic mass is 16.6. The van der Waals surface area contributed by atoms with Gasteiger partial charge in [-0.3, -0.25) is 5.43 Å². The molecule has 0 bridgehead atoms. The minimum Gasteiger partial charge on any atom is -0.486 e. The molecule has 1 heterocycles. The van der Waals surface area contributed by atoms with E-state index in [4.69, 9.17) is 14.2 Å². The summed E-state index contributed by atoms with van der Waals surface area (Å²) in [7, 11) is 0. The summed E-state index contributed by atoms with van der Waals surface area (Å²) in [5, 5.41) is 0. The molecule has 0 aromatic heterocycles. The van der Waals surface area contributed by atoms with Crippen LogP contribution in [0.5, 0.6) is 11.5 Å². The number of carbonyl (C=O) groups is 1. The predicted molar refractivity (Wildman–Crippen MR) is 78.4 cm³/mol. The third-order valence-electron chi connectivity index (χ3n) is 2.86. The molecule has 0 fully saturated rings. The number of amides is 1. The van der Waals surface area contributed by atoms with E-state index in [9.17, 15) is 4.79 Å². The number of rotatable bonds is 3. The zero-order chi connectivity index (χ0) is 15.5. The van der Waals surface area contributed by atoms with E-state index in [2.05, 4.69) is 10.9 Å². The molecule has 1 aliphatic heterocycles. The molecule has 0 spiro atoms. The second kappa shape index (κ2) is 6.22. The van der Waals surface area contributed by atoms with Crippen LogP contribution in [0.4, 0.5) is 4.79 Å². The molecule has 2 rings (SSSR count). The van der Waals surface area contributed by atoms with Crippen LogP contribution >= 0.6 is 0 Å². The van der Waals surface area contributed by atoms with Crippen LogP contribution in [0.2, 0.25) is 0 Å². The smallest absolute Gasteiger partial charge is 0.422 e. The van der Waals surface area contributed by atoms with Gasteiger partial charge >= 0.3 is 6.09 Å². The molecule has 0 aliphatic carbocycles. The van der Waals surface area contributed by atoms with Crippen LogP contribution in [-0.2, 0) is 4.74 Å². The summed E-state index contributed by atoms with van der Waals surface area (Å²) >= 11 is 0. The molecule has 0 radical (unpaired) electrons. The molecule has 1 aromatic rings. The standard InChI is InChI=1S/C15H22N2O4/c1-10(16-17-14(18)21-15(2,3)4)11-5-6-12-13(9-11)20-8-7-19-12/h5-6,9-10,16H,7-8H2,1-4H3,(H,17,18). The zero-order valence-corrected chi connectivity index (χ0v) is 12.9. The molecule has 6 nitrogen and oxygen atoms in total. The predicted octanol–water partition coefficient (Wildman–Crippen LogP) is 2.55. The molecule has 2 N–H and O–H groups in total. The monoisotopic (exact) mass is 294 g/mol. The van der Waals surface area contributed by atoms with E-state index >= 15 is 0 Å². The van der Waals surface area contributed by atoms with Crippen molar-refractivity contribution in [3.8, 4) is 11.5 Å². The third-order valence-corrected chi connectivity index (χ3v) is 2.86. The lowest BCUT2D eigenvalue weighted by Gasteiger charge is -2.23. The van der Waals surface area contributed by atoms with Crippen molar-refractivity contribution < 1.29 is 19.0 Å². The van der Waals surface area contributed by atoms with Crippen molar-refractivity contribution in [2.75, 3.05) is 13.2 Å². The molecule has 1 aliphatic rings. The van der Waals surface area contributed by atoms with E-state index in [0.29, 0.717) is 13.2 Å². The molecular formula is C15H22N2O4. The van der Waals surface area contributed by atoms with Gasteiger partial charge in [-0.1, -0.05) is 6.07 Å². The first kappa shape index (κ1) is 15.4. The maximum Gasteiger partial charge on any atom is 0.422 e. The largest absolute Gasteiger partial charge is 0.486 e. The van der Waals surface area contributed by atoms with E-state index in [1.807, 2.05) is 45.9 Å². The summed E-state index contributed by atoms with van der Waals surface area (Å²) < 4.78 is 16.2. The second-order valence-electron chi connectivity index (χ2n) is 5.90.